The molecule has 0 amide bonds. The first kappa shape index (κ1) is 15.2. The molecule has 2 bridgehead atoms. The summed E-state index contributed by atoms with van der Waals surface area (Å²) in [5.41, 5.74) is 3.27. The molecule has 0 radical (unpaired) electrons. The average molecular weight is 336 g/mol. The molecular formula is C21H24N2O2. The van der Waals surface area contributed by atoms with Gasteiger partial charge in [0, 0.05) is 31.8 Å². The molecule has 3 unspecified atom stereocenters. The molecule has 2 aliphatic heterocycles. The van der Waals surface area contributed by atoms with Crippen molar-refractivity contribution in [1.82, 2.24) is 9.88 Å². The summed E-state index contributed by atoms with van der Waals surface area (Å²) in [7, 11) is 2.23. The summed E-state index contributed by atoms with van der Waals surface area (Å²) < 4.78 is 12.6. The second-order valence-electron chi connectivity index (χ2n) is 8.05. The molecule has 1 saturated carbocycles. The summed E-state index contributed by atoms with van der Waals surface area (Å²) in [6.07, 6.45) is 3.21. The first-order valence-electron chi connectivity index (χ1n) is 9.16. The zero-order valence-electron chi connectivity index (χ0n) is 15.0. The minimum absolute atomic E-state index is 0.600. The number of hydrogen-bond donors (Lipinski definition) is 0. The zero-order chi connectivity index (χ0) is 17.2. The lowest BCUT2D eigenvalue weighted by Crippen LogP contribution is -2.52. The van der Waals surface area contributed by atoms with E-state index in [0.717, 1.165) is 34.6 Å². The van der Waals surface area contributed by atoms with Crippen LogP contribution in [0.2, 0.25) is 0 Å². The summed E-state index contributed by atoms with van der Waals surface area (Å²) in [4.78, 5) is 6.99. The largest absolute Gasteiger partial charge is 0.443 e. The second-order valence-corrected chi connectivity index (χ2v) is 8.05. The molecule has 2 fully saturated rings. The fraction of sp³-hybridized carbons (Fsp3) is 0.476. The maximum atomic E-state index is 6.40. The molecule has 4 heteroatoms. The van der Waals surface area contributed by atoms with Crippen LogP contribution < -0.4 is 9.47 Å². The fourth-order valence-electron chi connectivity index (χ4n) is 4.88. The van der Waals surface area contributed by atoms with Crippen molar-refractivity contribution in [2.45, 2.75) is 32.0 Å². The van der Waals surface area contributed by atoms with E-state index in [1.54, 1.807) is 0 Å². The van der Waals surface area contributed by atoms with Crippen LogP contribution >= 0.6 is 0 Å². The van der Waals surface area contributed by atoms with Crippen molar-refractivity contribution >= 4 is 0 Å². The topological polar surface area (TPSA) is 34.6 Å². The number of aromatic nitrogens is 1. The van der Waals surface area contributed by atoms with Gasteiger partial charge in [0.15, 0.2) is 11.5 Å². The van der Waals surface area contributed by atoms with Gasteiger partial charge in [0.25, 0.3) is 5.79 Å². The van der Waals surface area contributed by atoms with Crippen molar-refractivity contribution in [3.8, 4) is 11.5 Å². The Labute approximate surface area is 148 Å². The number of benzene rings is 1. The average Bonchev–Trinajstić information content (AvgIpc) is 2.93. The maximum absolute atomic E-state index is 6.40. The number of rotatable bonds is 2. The predicted octanol–water partition coefficient (Wildman–Crippen LogP) is 3.70. The van der Waals surface area contributed by atoms with E-state index >= 15 is 0 Å². The van der Waals surface area contributed by atoms with Crippen LogP contribution in [0, 0.1) is 18.8 Å². The van der Waals surface area contributed by atoms with Crippen LogP contribution in [0.15, 0.2) is 36.5 Å². The van der Waals surface area contributed by atoms with E-state index in [1.165, 1.54) is 25.1 Å². The van der Waals surface area contributed by atoms with Gasteiger partial charge in [-0.2, -0.15) is 0 Å². The molecule has 3 atom stereocenters. The second kappa shape index (κ2) is 5.21. The first-order chi connectivity index (χ1) is 12.0. The fourth-order valence-corrected chi connectivity index (χ4v) is 4.88. The summed E-state index contributed by atoms with van der Waals surface area (Å²) in [6, 6.07) is 10.4. The molecule has 0 spiro atoms. The molecule has 3 aliphatic rings. The van der Waals surface area contributed by atoms with Crippen molar-refractivity contribution in [2.75, 3.05) is 20.1 Å². The quantitative estimate of drug-likeness (QED) is 0.837. The number of ether oxygens (including phenoxy) is 2. The number of nitrogens with zero attached hydrogens (tertiary/aromatic N) is 2. The van der Waals surface area contributed by atoms with E-state index in [2.05, 4.69) is 35.1 Å². The Bertz CT molecular complexity index is 807. The van der Waals surface area contributed by atoms with Crippen molar-refractivity contribution in [1.29, 1.82) is 0 Å². The van der Waals surface area contributed by atoms with Crippen molar-refractivity contribution in [3.63, 3.8) is 0 Å². The van der Waals surface area contributed by atoms with Crippen LogP contribution in [0.3, 0.4) is 0 Å². The minimum atomic E-state index is -0.845. The van der Waals surface area contributed by atoms with E-state index in [9.17, 15) is 0 Å². The standard InChI is InChI=1S/C21H24N2O2/c1-13-7-8-18(22-10-13)21(2)24-17-6-4-5-16(20(17)25-21)19-14-9-15(19)12-23(3)11-14/h4-8,10,14-15,19H,9,11-12H2,1-3H3. The molecule has 5 rings (SSSR count). The van der Waals surface area contributed by atoms with E-state index in [4.69, 9.17) is 9.47 Å². The van der Waals surface area contributed by atoms with Crippen LogP contribution in [0.25, 0.3) is 0 Å². The molecule has 25 heavy (non-hydrogen) atoms. The van der Waals surface area contributed by atoms with Gasteiger partial charge in [-0.15, -0.1) is 0 Å². The van der Waals surface area contributed by atoms with Crippen LogP contribution in [-0.4, -0.2) is 30.0 Å². The summed E-state index contributed by atoms with van der Waals surface area (Å²) >= 11 is 0. The highest BCUT2D eigenvalue weighted by molar-refractivity contribution is 5.52. The highest BCUT2D eigenvalue weighted by Gasteiger charge is 2.50. The maximum Gasteiger partial charge on any atom is 0.292 e. The van der Waals surface area contributed by atoms with E-state index in [-0.39, 0.29) is 0 Å². The van der Waals surface area contributed by atoms with Gasteiger partial charge in [-0.3, -0.25) is 4.98 Å². The number of piperidine rings is 2. The van der Waals surface area contributed by atoms with E-state index < -0.39 is 5.79 Å². The molecule has 130 valence electrons. The Hall–Kier alpha value is -2.07. The monoisotopic (exact) mass is 336 g/mol. The molecule has 0 N–H and O–H groups in total. The first-order valence-corrected chi connectivity index (χ1v) is 9.16. The third kappa shape index (κ3) is 2.27. The normalized spacial score (nSPS) is 33.2. The van der Waals surface area contributed by atoms with Crippen molar-refractivity contribution in [3.05, 3.63) is 53.3 Å². The Balaban J connectivity index is 1.49. The third-order valence-corrected chi connectivity index (χ3v) is 6.06. The number of hydrogen-bond acceptors (Lipinski definition) is 4. The summed E-state index contributed by atoms with van der Waals surface area (Å²) in [6.45, 7) is 6.36. The van der Waals surface area contributed by atoms with Gasteiger partial charge in [-0.25, -0.2) is 0 Å². The molecule has 3 heterocycles. The predicted molar refractivity (Wildman–Crippen MR) is 95.9 cm³/mol. The van der Waals surface area contributed by atoms with Gasteiger partial charge in [0.2, 0.25) is 0 Å². The molecule has 1 saturated heterocycles. The van der Waals surface area contributed by atoms with Crippen LogP contribution in [-0.2, 0) is 5.79 Å². The Morgan fingerprint density at radius 2 is 1.92 bits per heavy atom. The number of fused-ring (bicyclic) bond motifs is 3. The van der Waals surface area contributed by atoms with Gasteiger partial charge in [-0.05, 0) is 55.8 Å². The lowest BCUT2D eigenvalue weighted by molar-refractivity contribution is -0.0732. The van der Waals surface area contributed by atoms with Gasteiger partial charge in [0.05, 0.1) is 0 Å². The van der Waals surface area contributed by atoms with Crippen molar-refractivity contribution < 1.29 is 9.47 Å². The number of likely N-dealkylation sites (tertiary alicyclic amines) is 1. The number of pyridine rings is 1. The van der Waals surface area contributed by atoms with E-state index in [1.807, 2.05) is 32.2 Å². The molecule has 1 aromatic carbocycles. The lowest BCUT2D eigenvalue weighted by Gasteiger charge is -2.53. The Kier molecular flexibility index (Phi) is 3.17. The van der Waals surface area contributed by atoms with Crippen LogP contribution in [0.1, 0.15) is 36.1 Å². The molecule has 1 aliphatic carbocycles. The van der Waals surface area contributed by atoms with Gasteiger partial charge >= 0.3 is 0 Å². The highest BCUT2D eigenvalue weighted by atomic mass is 16.7. The number of aryl methyl sites for hydroxylation is 1. The highest BCUT2D eigenvalue weighted by Crippen LogP contribution is 2.57. The number of para-hydroxylation sites is 1. The van der Waals surface area contributed by atoms with Crippen molar-refractivity contribution in [2.24, 2.45) is 11.8 Å². The molecule has 1 aromatic heterocycles. The van der Waals surface area contributed by atoms with Gasteiger partial charge in [0.1, 0.15) is 5.69 Å². The third-order valence-electron chi connectivity index (χ3n) is 6.06. The summed E-state index contributed by atoms with van der Waals surface area (Å²) in [5, 5.41) is 0. The Morgan fingerprint density at radius 3 is 2.64 bits per heavy atom. The molecule has 2 aromatic rings. The minimum Gasteiger partial charge on any atom is -0.443 e. The van der Waals surface area contributed by atoms with Gasteiger partial charge < -0.3 is 14.4 Å². The van der Waals surface area contributed by atoms with E-state index in [0.29, 0.717) is 5.92 Å². The van der Waals surface area contributed by atoms with Gasteiger partial charge in [-0.1, -0.05) is 18.2 Å². The summed E-state index contributed by atoms with van der Waals surface area (Å²) in [5.74, 6) is 3.01. The molecule has 4 nitrogen and oxygen atoms in total. The van der Waals surface area contributed by atoms with Crippen LogP contribution in [0.4, 0.5) is 0 Å². The zero-order valence-corrected chi connectivity index (χ0v) is 15.0. The SMILES string of the molecule is Cc1ccc(C2(C)Oc3cccc(C4C5CC4CN(C)C5)c3O2)nc1. The molecular weight excluding hydrogens is 312 g/mol. The lowest BCUT2D eigenvalue weighted by atomic mass is 9.59. The Morgan fingerprint density at radius 1 is 1.12 bits per heavy atom. The van der Waals surface area contributed by atoms with Crippen LogP contribution in [0.5, 0.6) is 11.5 Å². The smallest absolute Gasteiger partial charge is 0.292 e.